The lowest BCUT2D eigenvalue weighted by molar-refractivity contribution is -0.288. The number of carbonyl (C=O) groups is 2. The van der Waals surface area contributed by atoms with Crippen molar-refractivity contribution in [3.8, 4) is 17.0 Å². The van der Waals surface area contributed by atoms with Gasteiger partial charge in [-0.1, -0.05) is 30.3 Å². The molecule has 1 spiro atoms. The van der Waals surface area contributed by atoms with Gasteiger partial charge in [0.1, 0.15) is 11.9 Å². The maximum absolute atomic E-state index is 12.7. The Hall–Kier alpha value is -3.86. The second-order valence-corrected chi connectivity index (χ2v) is 8.81. The van der Waals surface area contributed by atoms with Crippen LogP contribution in [-0.4, -0.2) is 63.0 Å². The average molecular weight is 492 g/mol. The summed E-state index contributed by atoms with van der Waals surface area (Å²) in [7, 11) is 1.62. The Kier molecular flexibility index (Phi) is 6.17. The van der Waals surface area contributed by atoms with Crippen molar-refractivity contribution in [3.05, 3.63) is 77.5 Å². The highest BCUT2D eigenvalue weighted by molar-refractivity contribution is 5.87. The van der Waals surface area contributed by atoms with Crippen molar-refractivity contribution in [1.82, 2.24) is 15.1 Å². The Balaban J connectivity index is 1.69. The normalized spacial score (nSPS) is 26.4. The summed E-state index contributed by atoms with van der Waals surface area (Å²) >= 11 is 0. The summed E-state index contributed by atoms with van der Waals surface area (Å²) in [6.07, 6.45) is -4.19. The molecular weight excluding hydrogens is 466 g/mol. The highest BCUT2D eigenvalue weighted by Crippen LogP contribution is 2.44. The second-order valence-electron chi connectivity index (χ2n) is 8.81. The standard InChI is InChI=1S/C26H25N3O7/c1-15-8-11-20(28-27-15)16-9-10-18-19(14-16)26(35-24(32)22(30)23(31)25(33)36-26)29(2)13-12-21(18)34-17-6-4-3-5-7-17/h3-11,14,21-23,30-31H,12-13H2,1-2H3. The highest BCUT2D eigenvalue weighted by Gasteiger charge is 2.55. The molecule has 5 rings (SSSR count). The van der Waals surface area contributed by atoms with Gasteiger partial charge in [-0.2, -0.15) is 10.2 Å². The zero-order valence-electron chi connectivity index (χ0n) is 19.7. The van der Waals surface area contributed by atoms with Crippen LogP contribution in [0.25, 0.3) is 11.3 Å². The molecule has 3 unspecified atom stereocenters. The summed E-state index contributed by atoms with van der Waals surface area (Å²) in [5, 5.41) is 28.6. The number of aryl methyl sites for hydroxylation is 1. The Morgan fingerprint density at radius 2 is 1.67 bits per heavy atom. The molecule has 3 atom stereocenters. The van der Waals surface area contributed by atoms with E-state index in [-0.39, 0.29) is 0 Å². The van der Waals surface area contributed by atoms with E-state index in [1.165, 1.54) is 0 Å². The van der Waals surface area contributed by atoms with E-state index in [1.54, 1.807) is 30.1 Å². The maximum atomic E-state index is 12.7. The molecule has 3 heterocycles. The minimum absolute atomic E-state index is 0.290. The molecule has 2 aromatic carbocycles. The van der Waals surface area contributed by atoms with Crippen molar-refractivity contribution < 1.29 is 34.0 Å². The number of hydrogen-bond donors (Lipinski definition) is 2. The van der Waals surface area contributed by atoms with E-state index in [1.807, 2.05) is 49.4 Å². The molecule has 36 heavy (non-hydrogen) atoms. The molecule has 0 bridgehead atoms. The molecule has 2 N–H and O–H groups in total. The fourth-order valence-corrected chi connectivity index (χ4v) is 4.37. The number of rotatable bonds is 3. The summed E-state index contributed by atoms with van der Waals surface area (Å²) < 4.78 is 17.6. The number of carbonyl (C=O) groups excluding carboxylic acids is 2. The van der Waals surface area contributed by atoms with Crippen LogP contribution >= 0.6 is 0 Å². The van der Waals surface area contributed by atoms with Crippen molar-refractivity contribution in [1.29, 1.82) is 0 Å². The second kappa shape index (κ2) is 9.30. The molecular formula is C26H25N3O7. The summed E-state index contributed by atoms with van der Waals surface area (Å²) in [6.45, 7) is 2.11. The van der Waals surface area contributed by atoms with Crippen LogP contribution in [0.2, 0.25) is 0 Å². The lowest BCUT2D eigenvalue weighted by Crippen LogP contribution is -2.50. The van der Waals surface area contributed by atoms with Crippen LogP contribution < -0.4 is 4.74 Å². The van der Waals surface area contributed by atoms with Crippen molar-refractivity contribution >= 4 is 11.9 Å². The van der Waals surface area contributed by atoms with E-state index in [0.29, 0.717) is 41.1 Å². The number of hydrogen-bond acceptors (Lipinski definition) is 10. The Labute approximate surface area is 207 Å². The number of para-hydroxylation sites is 1. The third-order valence-electron chi connectivity index (χ3n) is 6.34. The Morgan fingerprint density at radius 3 is 2.31 bits per heavy atom. The largest absolute Gasteiger partial charge is 0.486 e. The van der Waals surface area contributed by atoms with Gasteiger partial charge in [-0.25, -0.2) is 14.5 Å². The van der Waals surface area contributed by atoms with Crippen molar-refractivity contribution in [2.75, 3.05) is 13.6 Å². The first-order valence-electron chi connectivity index (χ1n) is 11.5. The van der Waals surface area contributed by atoms with Gasteiger partial charge < -0.3 is 24.4 Å². The summed E-state index contributed by atoms with van der Waals surface area (Å²) in [5.74, 6) is -3.78. The fourth-order valence-electron chi connectivity index (χ4n) is 4.37. The number of benzene rings is 2. The highest BCUT2D eigenvalue weighted by atomic mass is 16.8. The number of aliphatic hydroxyl groups is 2. The Morgan fingerprint density at radius 1 is 0.972 bits per heavy atom. The van der Waals surface area contributed by atoms with E-state index in [0.717, 1.165) is 5.69 Å². The van der Waals surface area contributed by atoms with Gasteiger partial charge in [-0.05, 0) is 44.3 Å². The van der Waals surface area contributed by atoms with Gasteiger partial charge in [0.2, 0.25) is 0 Å². The molecule has 3 aromatic rings. The summed E-state index contributed by atoms with van der Waals surface area (Å²) in [6, 6.07) is 18.2. The third-order valence-corrected chi connectivity index (χ3v) is 6.34. The molecule has 1 saturated heterocycles. The zero-order valence-corrected chi connectivity index (χ0v) is 19.7. The summed E-state index contributed by atoms with van der Waals surface area (Å²) in [5.41, 5.74) is 2.85. The van der Waals surface area contributed by atoms with Crippen molar-refractivity contribution in [2.24, 2.45) is 0 Å². The SMILES string of the molecule is Cc1ccc(-c2ccc3c(c2)C2(OC(=O)C(O)C(O)C(=O)O2)N(C)CCC3Oc2ccccc2)nn1. The first-order chi connectivity index (χ1) is 17.3. The molecule has 1 aromatic heterocycles. The van der Waals surface area contributed by atoms with Crippen LogP contribution in [0.1, 0.15) is 29.3 Å². The van der Waals surface area contributed by atoms with Crippen LogP contribution in [0.3, 0.4) is 0 Å². The predicted octanol–water partition coefficient (Wildman–Crippen LogP) is 1.84. The fraction of sp³-hybridized carbons (Fsp3) is 0.308. The predicted molar refractivity (Wildman–Crippen MR) is 125 cm³/mol. The molecule has 0 aliphatic carbocycles. The van der Waals surface area contributed by atoms with Crippen LogP contribution in [0.15, 0.2) is 60.7 Å². The molecule has 186 valence electrons. The van der Waals surface area contributed by atoms with Gasteiger partial charge in [0, 0.05) is 24.1 Å². The minimum atomic E-state index is -2.08. The van der Waals surface area contributed by atoms with Gasteiger partial charge in [0.05, 0.1) is 17.0 Å². The lowest BCUT2D eigenvalue weighted by atomic mass is 9.95. The van der Waals surface area contributed by atoms with E-state index >= 15 is 0 Å². The zero-order chi connectivity index (χ0) is 25.4. The Bertz CT molecular complexity index is 1260. The van der Waals surface area contributed by atoms with E-state index in [9.17, 15) is 19.8 Å². The van der Waals surface area contributed by atoms with Crippen molar-refractivity contribution in [2.45, 2.75) is 37.6 Å². The molecule has 0 radical (unpaired) electrons. The number of fused-ring (bicyclic) bond motifs is 2. The molecule has 0 amide bonds. The molecule has 10 heteroatoms. The number of aliphatic hydroxyl groups excluding tert-OH is 2. The smallest absolute Gasteiger partial charge is 0.349 e. The summed E-state index contributed by atoms with van der Waals surface area (Å²) in [4.78, 5) is 27.0. The van der Waals surface area contributed by atoms with Gasteiger partial charge in [0.15, 0.2) is 12.2 Å². The molecule has 2 aliphatic heterocycles. The maximum Gasteiger partial charge on any atom is 0.349 e. The van der Waals surface area contributed by atoms with Gasteiger partial charge in [-0.15, -0.1) is 0 Å². The number of aromatic nitrogens is 2. The third kappa shape index (κ3) is 4.19. The van der Waals surface area contributed by atoms with Crippen LogP contribution in [0.4, 0.5) is 0 Å². The first-order valence-corrected chi connectivity index (χ1v) is 11.5. The van der Waals surface area contributed by atoms with Crippen LogP contribution in [0.5, 0.6) is 5.75 Å². The number of nitrogens with zero attached hydrogens (tertiary/aromatic N) is 3. The van der Waals surface area contributed by atoms with E-state index < -0.39 is 36.2 Å². The molecule has 1 fully saturated rings. The minimum Gasteiger partial charge on any atom is -0.486 e. The molecule has 2 aliphatic rings. The topological polar surface area (TPSA) is 131 Å². The van der Waals surface area contributed by atoms with Gasteiger partial charge in [-0.3, -0.25) is 0 Å². The molecule has 10 nitrogen and oxygen atoms in total. The molecule has 0 saturated carbocycles. The quantitative estimate of drug-likeness (QED) is 0.523. The monoisotopic (exact) mass is 491 g/mol. The first kappa shape index (κ1) is 23.9. The number of ether oxygens (including phenoxy) is 3. The van der Waals surface area contributed by atoms with E-state index in [2.05, 4.69) is 10.2 Å². The van der Waals surface area contributed by atoms with Crippen LogP contribution in [-0.2, 0) is 25.0 Å². The lowest BCUT2D eigenvalue weighted by Gasteiger charge is -2.38. The van der Waals surface area contributed by atoms with E-state index in [4.69, 9.17) is 14.2 Å². The van der Waals surface area contributed by atoms with Gasteiger partial charge in [0.25, 0.3) is 0 Å². The van der Waals surface area contributed by atoms with Gasteiger partial charge >= 0.3 is 17.8 Å². The number of esters is 2. The van der Waals surface area contributed by atoms with Crippen LogP contribution in [0, 0.1) is 6.92 Å². The van der Waals surface area contributed by atoms with Crippen molar-refractivity contribution in [3.63, 3.8) is 0 Å². The average Bonchev–Trinajstić information content (AvgIpc) is 3.04.